The van der Waals surface area contributed by atoms with Crippen LogP contribution in [0.1, 0.15) is 26.6 Å². The van der Waals surface area contributed by atoms with Crippen molar-refractivity contribution in [3.63, 3.8) is 0 Å². The van der Waals surface area contributed by atoms with E-state index in [-0.39, 0.29) is 6.61 Å². The molecule has 0 saturated carbocycles. The number of nitrogens with zero attached hydrogens (tertiary/aromatic N) is 2. The monoisotopic (exact) mass is 198 g/mol. The topological polar surface area (TPSA) is 47.3 Å². The third-order valence-electron chi connectivity index (χ3n) is 2.13. The summed E-state index contributed by atoms with van der Waals surface area (Å²) in [4.78, 5) is 4.14. The molecule has 14 heavy (non-hydrogen) atoms. The molecule has 1 aromatic heterocycles. The minimum absolute atomic E-state index is 0.278. The van der Waals surface area contributed by atoms with Crippen LogP contribution in [0.3, 0.4) is 0 Å². The van der Waals surface area contributed by atoms with Crippen LogP contribution < -0.4 is 0 Å². The van der Waals surface area contributed by atoms with Crippen molar-refractivity contribution in [3.05, 3.63) is 18.2 Å². The molecule has 4 nitrogen and oxygen atoms in total. The Hall–Kier alpha value is -0.870. The van der Waals surface area contributed by atoms with Crippen LogP contribution in [0.2, 0.25) is 0 Å². The zero-order valence-electron chi connectivity index (χ0n) is 9.03. The first kappa shape index (κ1) is 11.2. The summed E-state index contributed by atoms with van der Waals surface area (Å²) in [5.74, 6) is 0.661. The van der Waals surface area contributed by atoms with Crippen LogP contribution in [0.15, 0.2) is 12.4 Å². The molecule has 0 amide bonds. The van der Waals surface area contributed by atoms with E-state index in [1.54, 1.807) is 13.1 Å². The van der Waals surface area contributed by atoms with Gasteiger partial charge in [-0.05, 0) is 20.8 Å². The van der Waals surface area contributed by atoms with Crippen LogP contribution in [0.5, 0.6) is 0 Å². The number of imidazole rings is 1. The Labute approximate surface area is 84.5 Å². The highest BCUT2D eigenvalue weighted by Gasteiger charge is 2.27. The maximum absolute atomic E-state index is 10.1. The minimum Gasteiger partial charge on any atom is -0.380 e. The van der Waals surface area contributed by atoms with Gasteiger partial charge in [-0.3, -0.25) is 0 Å². The number of aryl methyl sites for hydroxylation is 1. The van der Waals surface area contributed by atoms with Crippen molar-refractivity contribution in [2.45, 2.75) is 32.9 Å². The van der Waals surface area contributed by atoms with E-state index in [0.29, 0.717) is 12.4 Å². The normalized spacial score (nSPS) is 15.4. The molecule has 0 radical (unpaired) electrons. The summed E-state index contributed by atoms with van der Waals surface area (Å²) in [5, 5.41) is 10.1. The summed E-state index contributed by atoms with van der Waals surface area (Å²) in [6.07, 6.45) is 3.55. The van der Waals surface area contributed by atoms with Crippen LogP contribution in [-0.2, 0) is 16.9 Å². The van der Waals surface area contributed by atoms with Crippen LogP contribution in [0, 0.1) is 0 Å². The highest BCUT2D eigenvalue weighted by Crippen LogP contribution is 2.18. The van der Waals surface area contributed by atoms with Gasteiger partial charge in [0.2, 0.25) is 0 Å². The molecule has 0 aliphatic rings. The molecule has 0 aliphatic heterocycles. The zero-order valence-corrected chi connectivity index (χ0v) is 9.03. The summed E-state index contributed by atoms with van der Waals surface area (Å²) >= 11 is 0. The molecule has 80 valence electrons. The predicted molar refractivity (Wildman–Crippen MR) is 54.0 cm³/mol. The Kier molecular flexibility index (Phi) is 3.66. The molecular formula is C10H18N2O2. The van der Waals surface area contributed by atoms with E-state index in [9.17, 15) is 5.11 Å². The number of ether oxygens (including phenoxy) is 1. The number of hydrogen-bond acceptors (Lipinski definition) is 3. The first-order valence-electron chi connectivity index (χ1n) is 4.93. The standard InChI is InChI=1S/C10H18N2O2/c1-4-12-7-6-11-9(12)10(3,13)8-14-5-2/h6-7,13H,4-5,8H2,1-3H3. The van der Waals surface area contributed by atoms with Gasteiger partial charge in [0.25, 0.3) is 0 Å². The third kappa shape index (κ3) is 2.33. The van der Waals surface area contributed by atoms with Crippen molar-refractivity contribution in [2.75, 3.05) is 13.2 Å². The van der Waals surface area contributed by atoms with Gasteiger partial charge in [0, 0.05) is 25.5 Å². The fourth-order valence-electron chi connectivity index (χ4n) is 1.40. The number of aliphatic hydroxyl groups is 1. The molecule has 1 atom stereocenters. The average Bonchev–Trinajstić information content (AvgIpc) is 2.63. The Morgan fingerprint density at radius 3 is 2.86 bits per heavy atom. The largest absolute Gasteiger partial charge is 0.380 e. The van der Waals surface area contributed by atoms with Crippen molar-refractivity contribution in [3.8, 4) is 0 Å². The van der Waals surface area contributed by atoms with E-state index in [1.807, 2.05) is 24.6 Å². The summed E-state index contributed by atoms with van der Waals surface area (Å²) < 4.78 is 7.13. The second-order valence-electron chi connectivity index (χ2n) is 3.45. The smallest absolute Gasteiger partial charge is 0.143 e. The Bertz CT molecular complexity index is 281. The van der Waals surface area contributed by atoms with E-state index >= 15 is 0 Å². The van der Waals surface area contributed by atoms with Gasteiger partial charge in [0.15, 0.2) is 0 Å². The van der Waals surface area contributed by atoms with Gasteiger partial charge in [-0.1, -0.05) is 0 Å². The second-order valence-corrected chi connectivity index (χ2v) is 3.45. The summed E-state index contributed by atoms with van der Waals surface area (Å²) in [6, 6.07) is 0. The molecule has 1 aromatic rings. The second kappa shape index (κ2) is 4.57. The summed E-state index contributed by atoms with van der Waals surface area (Å²) in [5.41, 5.74) is -1.00. The van der Waals surface area contributed by atoms with E-state index in [2.05, 4.69) is 4.98 Å². The third-order valence-corrected chi connectivity index (χ3v) is 2.13. The minimum atomic E-state index is -1.00. The van der Waals surface area contributed by atoms with Crippen LogP contribution in [0.25, 0.3) is 0 Å². The molecule has 0 aromatic carbocycles. The van der Waals surface area contributed by atoms with Crippen molar-refractivity contribution in [1.82, 2.24) is 9.55 Å². The first-order valence-corrected chi connectivity index (χ1v) is 4.93. The zero-order chi connectivity index (χ0) is 10.6. The molecule has 0 spiro atoms. The van der Waals surface area contributed by atoms with Crippen molar-refractivity contribution >= 4 is 0 Å². The summed E-state index contributed by atoms with van der Waals surface area (Å²) in [6.45, 7) is 7.32. The molecule has 0 saturated heterocycles. The number of aromatic nitrogens is 2. The van der Waals surface area contributed by atoms with Gasteiger partial charge >= 0.3 is 0 Å². The van der Waals surface area contributed by atoms with Gasteiger partial charge in [-0.25, -0.2) is 4.98 Å². The molecule has 0 bridgehead atoms. The SMILES string of the molecule is CCOCC(C)(O)c1nccn1CC. The van der Waals surface area contributed by atoms with Crippen molar-refractivity contribution in [1.29, 1.82) is 0 Å². The molecule has 4 heteroatoms. The van der Waals surface area contributed by atoms with E-state index in [4.69, 9.17) is 4.74 Å². The summed E-state index contributed by atoms with van der Waals surface area (Å²) in [7, 11) is 0. The quantitative estimate of drug-likeness (QED) is 0.772. The first-order chi connectivity index (χ1) is 6.61. The van der Waals surface area contributed by atoms with E-state index in [1.165, 1.54) is 0 Å². The van der Waals surface area contributed by atoms with Crippen LogP contribution in [-0.4, -0.2) is 27.9 Å². The van der Waals surface area contributed by atoms with Crippen LogP contribution >= 0.6 is 0 Å². The predicted octanol–water partition coefficient (Wildman–Crippen LogP) is 1.15. The average molecular weight is 198 g/mol. The van der Waals surface area contributed by atoms with E-state index < -0.39 is 5.60 Å². The highest BCUT2D eigenvalue weighted by atomic mass is 16.5. The fraction of sp³-hybridized carbons (Fsp3) is 0.700. The maximum Gasteiger partial charge on any atom is 0.143 e. The Morgan fingerprint density at radius 2 is 2.29 bits per heavy atom. The van der Waals surface area contributed by atoms with Crippen molar-refractivity contribution in [2.24, 2.45) is 0 Å². The molecule has 1 unspecified atom stereocenters. The maximum atomic E-state index is 10.1. The molecule has 1 heterocycles. The van der Waals surface area contributed by atoms with Gasteiger partial charge in [-0.15, -0.1) is 0 Å². The van der Waals surface area contributed by atoms with Crippen molar-refractivity contribution < 1.29 is 9.84 Å². The Balaban J connectivity index is 2.79. The molecule has 0 fully saturated rings. The van der Waals surface area contributed by atoms with Gasteiger partial charge in [-0.2, -0.15) is 0 Å². The van der Waals surface area contributed by atoms with Gasteiger partial charge < -0.3 is 14.4 Å². The Morgan fingerprint density at radius 1 is 1.57 bits per heavy atom. The van der Waals surface area contributed by atoms with E-state index in [0.717, 1.165) is 6.54 Å². The fourth-order valence-corrected chi connectivity index (χ4v) is 1.40. The molecule has 0 aliphatic carbocycles. The lowest BCUT2D eigenvalue weighted by molar-refractivity contribution is -0.0423. The lowest BCUT2D eigenvalue weighted by Crippen LogP contribution is -2.31. The highest BCUT2D eigenvalue weighted by molar-refractivity contribution is 5.03. The lowest BCUT2D eigenvalue weighted by atomic mass is 10.1. The van der Waals surface area contributed by atoms with Gasteiger partial charge in [0.05, 0.1) is 6.61 Å². The molecule has 1 rings (SSSR count). The van der Waals surface area contributed by atoms with Crippen LogP contribution in [0.4, 0.5) is 0 Å². The van der Waals surface area contributed by atoms with Gasteiger partial charge in [0.1, 0.15) is 11.4 Å². The number of hydrogen-bond donors (Lipinski definition) is 1. The number of rotatable bonds is 5. The molecular weight excluding hydrogens is 180 g/mol. The molecule has 1 N–H and O–H groups in total. The lowest BCUT2D eigenvalue weighted by Gasteiger charge is -2.22.